The quantitative estimate of drug-likeness (QED) is 0.361. The van der Waals surface area contributed by atoms with Gasteiger partial charge in [-0.05, 0) is 56.3 Å². The van der Waals surface area contributed by atoms with Gasteiger partial charge >= 0.3 is 0 Å². The molecule has 0 spiro atoms. The van der Waals surface area contributed by atoms with Gasteiger partial charge in [-0.1, -0.05) is 23.4 Å². The Kier molecular flexibility index (Phi) is 7.40. The molecule has 198 valence electrons. The van der Waals surface area contributed by atoms with Crippen LogP contribution in [0, 0.1) is 5.92 Å². The molecule has 1 amide bonds. The van der Waals surface area contributed by atoms with Crippen LogP contribution in [0.5, 0.6) is 0 Å². The van der Waals surface area contributed by atoms with Gasteiger partial charge in [0.15, 0.2) is 0 Å². The number of hydrogen-bond donors (Lipinski definition) is 2. The number of likely N-dealkylation sites (tertiary alicyclic amines) is 1. The Bertz CT molecular complexity index is 1380. The summed E-state index contributed by atoms with van der Waals surface area (Å²) >= 11 is 1.71. The van der Waals surface area contributed by atoms with E-state index in [2.05, 4.69) is 49.9 Å². The van der Waals surface area contributed by atoms with Gasteiger partial charge in [-0.2, -0.15) is 0 Å². The van der Waals surface area contributed by atoms with Crippen molar-refractivity contribution in [3.63, 3.8) is 0 Å². The number of aliphatic hydroxyl groups is 1. The Labute approximate surface area is 226 Å². The van der Waals surface area contributed by atoms with Gasteiger partial charge in [0, 0.05) is 59.4 Å². The average molecular weight is 532 g/mol. The number of pyridine rings is 1. The number of rotatable bonds is 7. The molecule has 0 radical (unpaired) electrons. The fourth-order valence-corrected chi connectivity index (χ4v) is 6.76. The van der Waals surface area contributed by atoms with Crippen LogP contribution in [-0.4, -0.2) is 64.9 Å². The molecule has 2 fully saturated rings. The lowest BCUT2D eigenvalue weighted by Gasteiger charge is -2.42. The molecule has 1 unspecified atom stereocenters. The highest BCUT2D eigenvalue weighted by atomic mass is 32.1. The first kappa shape index (κ1) is 25.0. The number of aliphatic hydroxyl groups excluding tert-OH is 1. The number of amides is 1. The minimum atomic E-state index is -0.166. The molecular weight excluding hydrogens is 498 g/mol. The third-order valence-corrected chi connectivity index (χ3v) is 8.85. The topological polar surface area (TPSA) is 94.7 Å². The van der Waals surface area contributed by atoms with Gasteiger partial charge in [0.1, 0.15) is 17.8 Å². The SMILES string of the molecule is O=C(NCc1ccon1)c1ccc(-c2csc3ccccc23)nc1N1CCC(N2CCCC(CO)C2)CC1. The molecule has 5 heterocycles. The standard InChI is InChI=1S/C29H33N5O3S/c35-18-20-4-3-12-34(17-20)22-9-13-33(14-10-22)28-24(29(36)30-16-21-11-15-37-32-21)7-8-26(31-28)25-19-38-27-6-2-1-5-23(25)27/h1-2,5-8,11,15,19-20,22,35H,3-4,9-10,12-14,16-18H2,(H,30,36). The van der Waals surface area contributed by atoms with E-state index >= 15 is 0 Å². The summed E-state index contributed by atoms with van der Waals surface area (Å²) in [5.74, 6) is 0.961. The van der Waals surface area contributed by atoms with Crippen molar-refractivity contribution in [2.24, 2.45) is 5.92 Å². The Hall–Kier alpha value is -3.27. The molecule has 2 N–H and O–H groups in total. The second-order valence-corrected chi connectivity index (χ2v) is 11.2. The molecule has 0 saturated carbocycles. The van der Waals surface area contributed by atoms with Crippen LogP contribution < -0.4 is 10.2 Å². The number of carbonyl (C=O) groups is 1. The van der Waals surface area contributed by atoms with Crippen LogP contribution in [-0.2, 0) is 6.54 Å². The summed E-state index contributed by atoms with van der Waals surface area (Å²) in [5, 5.41) is 19.9. The highest BCUT2D eigenvalue weighted by Gasteiger charge is 2.30. The highest BCUT2D eigenvalue weighted by Crippen LogP contribution is 2.35. The Morgan fingerprint density at radius 2 is 1.97 bits per heavy atom. The monoisotopic (exact) mass is 531 g/mol. The lowest BCUT2D eigenvalue weighted by atomic mass is 9.94. The van der Waals surface area contributed by atoms with Gasteiger partial charge in [-0.25, -0.2) is 4.98 Å². The van der Waals surface area contributed by atoms with Crippen molar-refractivity contribution in [1.29, 1.82) is 0 Å². The molecule has 8 nitrogen and oxygen atoms in total. The van der Waals surface area contributed by atoms with E-state index in [0.29, 0.717) is 29.8 Å². The minimum absolute atomic E-state index is 0.166. The average Bonchev–Trinajstić information content (AvgIpc) is 3.66. The number of nitrogens with zero attached hydrogens (tertiary/aromatic N) is 4. The molecule has 0 aliphatic carbocycles. The van der Waals surface area contributed by atoms with E-state index in [0.717, 1.165) is 68.9 Å². The maximum atomic E-state index is 13.3. The normalized spacial score (nSPS) is 19.2. The van der Waals surface area contributed by atoms with Crippen LogP contribution in [0.15, 0.2) is 58.6 Å². The first-order chi connectivity index (χ1) is 18.7. The van der Waals surface area contributed by atoms with E-state index in [1.165, 1.54) is 16.3 Å². The third-order valence-electron chi connectivity index (χ3n) is 7.89. The summed E-state index contributed by atoms with van der Waals surface area (Å²) in [6.45, 7) is 4.35. The van der Waals surface area contributed by atoms with Crippen LogP contribution in [0.4, 0.5) is 5.82 Å². The van der Waals surface area contributed by atoms with Crippen molar-refractivity contribution < 1.29 is 14.4 Å². The smallest absolute Gasteiger partial charge is 0.255 e. The second-order valence-electron chi connectivity index (χ2n) is 10.3. The van der Waals surface area contributed by atoms with Crippen LogP contribution in [0.3, 0.4) is 0 Å². The number of hydrogen-bond acceptors (Lipinski definition) is 8. The van der Waals surface area contributed by atoms with E-state index in [9.17, 15) is 9.90 Å². The number of aromatic nitrogens is 2. The number of benzene rings is 1. The summed E-state index contributed by atoms with van der Waals surface area (Å²) < 4.78 is 6.12. The van der Waals surface area contributed by atoms with Gasteiger partial charge in [-0.3, -0.25) is 9.69 Å². The summed E-state index contributed by atoms with van der Waals surface area (Å²) in [7, 11) is 0. The lowest BCUT2D eigenvalue weighted by molar-refractivity contribution is 0.0777. The zero-order valence-electron chi connectivity index (χ0n) is 21.4. The largest absolute Gasteiger partial charge is 0.396 e. The maximum Gasteiger partial charge on any atom is 0.255 e. The first-order valence-corrected chi connectivity index (χ1v) is 14.3. The number of nitrogens with one attached hydrogen (secondary N) is 1. The van der Waals surface area contributed by atoms with Crippen molar-refractivity contribution in [2.45, 2.75) is 38.3 Å². The molecule has 3 aromatic heterocycles. The van der Waals surface area contributed by atoms with Crippen LogP contribution in [0.2, 0.25) is 0 Å². The van der Waals surface area contributed by atoms with Crippen molar-refractivity contribution >= 4 is 33.1 Å². The van der Waals surface area contributed by atoms with Gasteiger partial charge in [0.2, 0.25) is 0 Å². The van der Waals surface area contributed by atoms with Crippen molar-refractivity contribution in [1.82, 2.24) is 20.4 Å². The Balaban J connectivity index is 1.26. The third kappa shape index (κ3) is 5.18. The Morgan fingerprint density at radius 1 is 1.11 bits per heavy atom. The molecule has 4 aromatic rings. The fourth-order valence-electron chi connectivity index (χ4n) is 5.81. The van der Waals surface area contributed by atoms with Gasteiger partial charge < -0.3 is 19.8 Å². The molecule has 6 rings (SSSR count). The van der Waals surface area contributed by atoms with Gasteiger partial charge in [-0.15, -0.1) is 11.3 Å². The highest BCUT2D eigenvalue weighted by molar-refractivity contribution is 7.17. The zero-order chi connectivity index (χ0) is 25.9. The predicted octanol–water partition coefficient (Wildman–Crippen LogP) is 4.55. The second kappa shape index (κ2) is 11.2. The number of carbonyl (C=O) groups excluding carboxylic acids is 1. The van der Waals surface area contributed by atoms with E-state index < -0.39 is 0 Å². The Morgan fingerprint density at radius 3 is 2.79 bits per heavy atom. The molecule has 2 saturated heterocycles. The van der Waals surface area contributed by atoms with Crippen molar-refractivity contribution in [3.05, 3.63) is 65.4 Å². The molecular formula is C29H33N5O3S. The number of thiophene rings is 1. The van der Waals surface area contributed by atoms with Crippen LogP contribution in [0.1, 0.15) is 41.7 Å². The number of fused-ring (bicyclic) bond motifs is 1. The van der Waals surface area contributed by atoms with E-state index in [4.69, 9.17) is 9.51 Å². The summed E-state index contributed by atoms with van der Waals surface area (Å²) in [4.78, 5) is 23.3. The molecule has 2 aliphatic heterocycles. The molecule has 38 heavy (non-hydrogen) atoms. The van der Waals surface area contributed by atoms with Crippen molar-refractivity contribution in [3.8, 4) is 11.3 Å². The van der Waals surface area contributed by atoms with Crippen LogP contribution in [0.25, 0.3) is 21.3 Å². The molecule has 2 aliphatic rings. The molecule has 1 aromatic carbocycles. The van der Waals surface area contributed by atoms with E-state index in [1.54, 1.807) is 17.4 Å². The number of piperidine rings is 2. The van der Waals surface area contributed by atoms with Gasteiger partial charge in [0.25, 0.3) is 5.91 Å². The fraction of sp³-hybridized carbons (Fsp3) is 0.414. The van der Waals surface area contributed by atoms with Crippen molar-refractivity contribution in [2.75, 3.05) is 37.7 Å². The minimum Gasteiger partial charge on any atom is -0.396 e. The van der Waals surface area contributed by atoms with E-state index in [-0.39, 0.29) is 12.5 Å². The van der Waals surface area contributed by atoms with E-state index in [1.807, 2.05) is 12.1 Å². The summed E-state index contributed by atoms with van der Waals surface area (Å²) in [6.07, 6.45) is 5.81. The molecule has 0 bridgehead atoms. The predicted molar refractivity (Wildman–Crippen MR) is 149 cm³/mol. The van der Waals surface area contributed by atoms with Gasteiger partial charge in [0.05, 0.1) is 17.8 Å². The molecule has 1 atom stereocenters. The number of anilines is 1. The maximum absolute atomic E-state index is 13.3. The van der Waals surface area contributed by atoms with Crippen LogP contribution >= 0.6 is 11.3 Å². The first-order valence-electron chi connectivity index (χ1n) is 13.4. The molecule has 9 heteroatoms. The summed E-state index contributed by atoms with van der Waals surface area (Å²) in [6, 6.07) is 14.5. The zero-order valence-corrected chi connectivity index (χ0v) is 22.2. The lowest BCUT2D eigenvalue weighted by Crippen LogP contribution is -2.49. The summed E-state index contributed by atoms with van der Waals surface area (Å²) in [5.41, 5.74) is 3.24.